The number of aromatic nitrogens is 1. The number of methoxy groups -OCH3 is 1. The van der Waals surface area contributed by atoms with E-state index < -0.39 is 0 Å². The summed E-state index contributed by atoms with van der Waals surface area (Å²) in [4.78, 5) is 23.6. The first kappa shape index (κ1) is 16.5. The van der Waals surface area contributed by atoms with Gasteiger partial charge in [0.15, 0.2) is 0 Å². The lowest BCUT2D eigenvalue weighted by atomic mass is 10.1. The van der Waals surface area contributed by atoms with Crippen LogP contribution in [0.1, 0.15) is 11.1 Å². The van der Waals surface area contributed by atoms with Gasteiger partial charge in [0, 0.05) is 22.7 Å². The lowest BCUT2D eigenvalue weighted by Crippen LogP contribution is -2.17. The van der Waals surface area contributed by atoms with Gasteiger partial charge in [0.05, 0.1) is 18.6 Å². The fraction of sp³-hybridized carbons (Fsp3) is 0.100. The molecule has 1 aromatic heterocycles. The highest BCUT2D eigenvalue weighted by Crippen LogP contribution is 2.29. The minimum atomic E-state index is -0.342. The van der Waals surface area contributed by atoms with Crippen LogP contribution < -0.4 is 10.1 Å². The van der Waals surface area contributed by atoms with E-state index in [9.17, 15) is 9.59 Å². The van der Waals surface area contributed by atoms with Gasteiger partial charge in [-0.05, 0) is 41.6 Å². The van der Waals surface area contributed by atoms with E-state index in [2.05, 4.69) is 9.88 Å². The Morgan fingerprint density at radius 2 is 1.96 bits per heavy atom. The lowest BCUT2D eigenvalue weighted by molar-refractivity contribution is -0.115. The number of para-hydroxylation sites is 1. The molecule has 1 N–H and O–H groups in total. The van der Waals surface area contributed by atoms with E-state index in [4.69, 9.17) is 4.74 Å². The fourth-order valence-corrected chi connectivity index (χ4v) is 3.76. The largest absolute Gasteiger partial charge is 0.496 e. The summed E-state index contributed by atoms with van der Waals surface area (Å²) < 4.78 is 7.58. The zero-order valence-electron chi connectivity index (χ0n) is 14.1. The summed E-state index contributed by atoms with van der Waals surface area (Å²) in [7, 11) is 1.67. The molecule has 2 aromatic carbocycles. The number of amides is 2. The molecule has 2 heterocycles. The molecule has 0 saturated carbocycles. The molecule has 0 radical (unpaired) electrons. The van der Waals surface area contributed by atoms with Crippen molar-refractivity contribution in [2.75, 3.05) is 7.11 Å². The van der Waals surface area contributed by atoms with Crippen LogP contribution in [0.5, 0.6) is 5.75 Å². The third-order valence-electron chi connectivity index (χ3n) is 4.31. The van der Waals surface area contributed by atoms with Crippen molar-refractivity contribution in [3.8, 4) is 5.75 Å². The number of thioether (sulfide) groups is 1. The number of benzene rings is 2. The first-order valence-electron chi connectivity index (χ1n) is 8.10. The number of hydrogen-bond acceptors (Lipinski definition) is 4. The Balaban J connectivity index is 1.73. The van der Waals surface area contributed by atoms with Gasteiger partial charge < -0.3 is 9.30 Å². The second-order valence-corrected chi connectivity index (χ2v) is 6.90. The van der Waals surface area contributed by atoms with E-state index in [0.717, 1.165) is 39.5 Å². The number of imide groups is 1. The molecule has 130 valence electrons. The van der Waals surface area contributed by atoms with Crippen molar-refractivity contribution >= 4 is 39.9 Å². The molecule has 1 fully saturated rings. The van der Waals surface area contributed by atoms with Crippen LogP contribution in [0.15, 0.2) is 59.6 Å². The SMILES string of the molecule is COc1ccccc1Cn1ccc2c(/C=C3\SC(=O)NC3=O)cccc21. The molecule has 2 amide bonds. The third-order valence-corrected chi connectivity index (χ3v) is 5.12. The maximum Gasteiger partial charge on any atom is 0.290 e. The van der Waals surface area contributed by atoms with E-state index in [1.807, 2.05) is 54.7 Å². The fourth-order valence-electron chi connectivity index (χ4n) is 3.09. The molecule has 1 aliphatic rings. The molecule has 0 atom stereocenters. The van der Waals surface area contributed by atoms with Crippen LogP contribution in [-0.2, 0) is 11.3 Å². The van der Waals surface area contributed by atoms with Crippen LogP contribution in [0.25, 0.3) is 17.0 Å². The quantitative estimate of drug-likeness (QED) is 0.710. The number of ether oxygens (including phenoxy) is 1. The Kier molecular flexibility index (Phi) is 4.26. The van der Waals surface area contributed by atoms with E-state index in [1.165, 1.54) is 0 Å². The maximum absolute atomic E-state index is 11.8. The van der Waals surface area contributed by atoms with Crippen LogP contribution in [0.2, 0.25) is 0 Å². The molecule has 6 heteroatoms. The highest BCUT2D eigenvalue weighted by atomic mass is 32.2. The molecule has 0 spiro atoms. The predicted molar refractivity (Wildman–Crippen MR) is 103 cm³/mol. The number of nitrogens with one attached hydrogen (secondary N) is 1. The van der Waals surface area contributed by atoms with Crippen LogP contribution in [0.3, 0.4) is 0 Å². The summed E-state index contributed by atoms with van der Waals surface area (Å²) in [5, 5.41) is 2.98. The van der Waals surface area contributed by atoms with Crippen molar-refractivity contribution in [3.63, 3.8) is 0 Å². The Morgan fingerprint density at radius 1 is 1.12 bits per heavy atom. The van der Waals surface area contributed by atoms with Gasteiger partial charge in [-0.25, -0.2) is 0 Å². The molecule has 3 aromatic rings. The first-order valence-corrected chi connectivity index (χ1v) is 8.92. The molecule has 1 aliphatic heterocycles. The number of hydrogen-bond donors (Lipinski definition) is 1. The number of rotatable bonds is 4. The van der Waals surface area contributed by atoms with E-state index >= 15 is 0 Å². The number of fused-ring (bicyclic) bond motifs is 1. The van der Waals surface area contributed by atoms with Crippen molar-refractivity contribution in [1.29, 1.82) is 0 Å². The standard InChI is InChI=1S/C20H16N2O3S/c1-25-17-8-3-2-5-14(17)12-22-10-9-15-13(6-4-7-16(15)22)11-18-19(23)21-20(24)26-18/h2-11H,12H2,1H3,(H,21,23,24)/b18-11-. The molecule has 26 heavy (non-hydrogen) atoms. The number of carbonyl (C=O) groups is 2. The summed E-state index contributed by atoms with van der Waals surface area (Å²) in [5.74, 6) is 0.510. The van der Waals surface area contributed by atoms with Crippen LogP contribution >= 0.6 is 11.8 Å². The summed E-state index contributed by atoms with van der Waals surface area (Å²) in [6.07, 6.45) is 3.78. The van der Waals surface area contributed by atoms with Gasteiger partial charge in [0.1, 0.15) is 5.75 Å². The molecule has 0 bridgehead atoms. The molecule has 1 saturated heterocycles. The van der Waals surface area contributed by atoms with Crippen molar-refractivity contribution < 1.29 is 14.3 Å². The summed E-state index contributed by atoms with van der Waals surface area (Å²) >= 11 is 0.930. The zero-order chi connectivity index (χ0) is 18.1. The summed E-state index contributed by atoms with van der Waals surface area (Å²) in [6.45, 7) is 0.682. The first-order chi connectivity index (χ1) is 12.7. The molecule has 0 aliphatic carbocycles. The zero-order valence-corrected chi connectivity index (χ0v) is 14.9. The van der Waals surface area contributed by atoms with Crippen LogP contribution in [0, 0.1) is 0 Å². The van der Waals surface area contributed by atoms with Gasteiger partial charge in [0.25, 0.3) is 11.1 Å². The Hall–Kier alpha value is -2.99. The van der Waals surface area contributed by atoms with Gasteiger partial charge in [-0.15, -0.1) is 0 Å². The molecule has 4 rings (SSSR count). The van der Waals surface area contributed by atoms with Gasteiger partial charge in [-0.1, -0.05) is 30.3 Å². The highest BCUT2D eigenvalue weighted by molar-refractivity contribution is 8.18. The molecular formula is C20H16N2O3S. The minimum Gasteiger partial charge on any atom is -0.496 e. The van der Waals surface area contributed by atoms with Crippen LogP contribution in [0.4, 0.5) is 4.79 Å². The molecule has 0 unspecified atom stereocenters. The smallest absolute Gasteiger partial charge is 0.290 e. The maximum atomic E-state index is 11.8. The Labute approximate surface area is 154 Å². The number of carbonyl (C=O) groups excluding carboxylic acids is 2. The second-order valence-electron chi connectivity index (χ2n) is 5.89. The van der Waals surface area contributed by atoms with E-state index in [1.54, 1.807) is 13.2 Å². The Morgan fingerprint density at radius 3 is 2.73 bits per heavy atom. The lowest BCUT2D eigenvalue weighted by Gasteiger charge is -2.10. The highest BCUT2D eigenvalue weighted by Gasteiger charge is 2.25. The van der Waals surface area contributed by atoms with Gasteiger partial charge in [-0.3, -0.25) is 14.9 Å². The molecular weight excluding hydrogens is 348 g/mol. The van der Waals surface area contributed by atoms with Gasteiger partial charge in [0.2, 0.25) is 0 Å². The minimum absolute atomic E-state index is 0.331. The average molecular weight is 364 g/mol. The average Bonchev–Trinajstić information content (AvgIpc) is 3.19. The number of nitrogens with zero attached hydrogens (tertiary/aromatic N) is 1. The second kappa shape index (κ2) is 6.72. The summed E-state index contributed by atoms with van der Waals surface area (Å²) in [5.41, 5.74) is 3.06. The normalized spacial score (nSPS) is 15.7. The molecule has 5 nitrogen and oxygen atoms in total. The van der Waals surface area contributed by atoms with Gasteiger partial charge >= 0.3 is 0 Å². The monoisotopic (exact) mass is 364 g/mol. The van der Waals surface area contributed by atoms with Crippen LogP contribution in [-0.4, -0.2) is 22.8 Å². The van der Waals surface area contributed by atoms with Crippen molar-refractivity contribution in [2.45, 2.75) is 6.54 Å². The van der Waals surface area contributed by atoms with E-state index in [0.29, 0.717) is 11.4 Å². The topological polar surface area (TPSA) is 60.3 Å². The van der Waals surface area contributed by atoms with Crippen molar-refractivity contribution in [2.24, 2.45) is 0 Å². The van der Waals surface area contributed by atoms with E-state index in [-0.39, 0.29) is 11.1 Å². The van der Waals surface area contributed by atoms with Gasteiger partial charge in [-0.2, -0.15) is 0 Å². The Bertz CT molecular complexity index is 1050. The third kappa shape index (κ3) is 2.99. The summed E-state index contributed by atoms with van der Waals surface area (Å²) in [6, 6.07) is 15.9. The predicted octanol–water partition coefficient (Wildman–Crippen LogP) is 4.02. The van der Waals surface area contributed by atoms with Crippen molar-refractivity contribution in [1.82, 2.24) is 9.88 Å². The van der Waals surface area contributed by atoms with Crippen molar-refractivity contribution in [3.05, 3.63) is 70.8 Å².